The fourth-order valence-corrected chi connectivity index (χ4v) is 5.58. The van der Waals surface area contributed by atoms with E-state index in [0.717, 1.165) is 25.7 Å². The lowest BCUT2D eigenvalue weighted by atomic mass is 10.1. The van der Waals surface area contributed by atoms with Gasteiger partial charge in [0, 0.05) is 32.1 Å². The maximum atomic E-state index is 12.7. The van der Waals surface area contributed by atoms with Crippen molar-refractivity contribution in [3.63, 3.8) is 0 Å². The molecule has 1 aliphatic heterocycles. The van der Waals surface area contributed by atoms with Crippen molar-refractivity contribution in [1.29, 1.82) is 0 Å². The fourth-order valence-electron chi connectivity index (χ4n) is 4.05. The van der Waals surface area contributed by atoms with Crippen LogP contribution >= 0.6 is 0 Å². The van der Waals surface area contributed by atoms with E-state index in [2.05, 4.69) is 9.88 Å². The first-order valence-corrected chi connectivity index (χ1v) is 11.2. The summed E-state index contributed by atoms with van der Waals surface area (Å²) < 4.78 is 32.5. The molecule has 1 aliphatic carbocycles. The summed E-state index contributed by atoms with van der Waals surface area (Å²) in [6.07, 6.45) is 4.13. The number of hydrogen-bond acceptors (Lipinski definition) is 6. The summed E-state index contributed by atoms with van der Waals surface area (Å²) in [5.41, 5.74) is 0.253. The molecule has 156 valence electrons. The summed E-state index contributed by atoms with van der Waals surface area (Å²) >= 11 is 0. The fraction of sp³-hybridized carbons (Fsp3) is 0.722. The molecule has 1 aromatic heterocycles. The number of nitrogens with zero attached hydrogens (tertiary/aromatic N) is 3. The van der Waals surface area contributed by atoms with Crippen LogP contribution in [0.1, 0.15) is 44.1 Å². The molecular weight excluding hydrogens is 384 g/mol. The van der Waals surface area contributed by atoms with Gasteiger partial charge in [0.2, 0.25) is 21.8 Å². The van der Waals surface area contributed by atoms with E-state index in [1.165, 1.54) is 20.8 Å². The Kier molecular flexibility index (Phi) is 6.09. The minimum atomic E-state index is -3.91. The van der Waals surface area contributed by atoms with Crippen LogP contribution in [0.5, 0.6) is 0 Å². The van der Waals surface area contributed by atoms with Crippen LogP contribution in [-0.4, -0.2) is 67.4 Å². The molecule has 0 unspecified atom stereocenters. The van der Waals surface area contributed by atoms with Crippen molar-refractivity contribution in [2.75, 3.05) is 26.2 Å². The monoisotopic (exact) mass is 412 g/mol. The molecule has 0 spiro atoms. The lowest BCUT2D eigenvalue weighted by molar-refractivity contribution is -0.142. The number of piperazine rings is 1. The highest BCUT2D eigenvalue weighted by atomic mass is 32.2. The van der Waals surface area contributed by atoms with Crippen LogP contribution < -0.4 is 4.72 Å². The Morgan fingerprint density at radius 1 is 1.11 bits per heavy atom. The molecule has 1 atom stereocenters. The zero-order chi connectivity index (χ0) is 20.5. The van der Waals surface area contributed by atoms with Crippen molar-refractivity contribution in [3.05, 3.63) is 11.5 Å². The van der Waals surface area contributed by atoms with Crippen molar-refractivity contribution in [3.8, 4) is 0 Å². The largest absolute Gasteiger partial charge is 0.360 e. The zero-order valence-electron chi connectivity index (χ0n) is 16.6. The average Bonchev–Trinajstić information content (AvgIpc) is 3.30. The van der Waals surface area contributed by atoms with Crippen molar-refractivity contribution >= 4 is 21.8 Å². The van der Waals surface area contributed by atoms with Gasteiger partial charge in [-0.3, -0.25) is 9.59 Å². The predicted octanol–water partition coefficient (Wildman–Crippen LogP) is 0.819. The van der Waals surface area contributed by atoms with Gasteiger partial charge in [0.05, 0.1) is 6.04 Å². The standard InChI is InChI=1S/C18H28N4O5S/c1-12-16(14(3)27-19-12)28(25,26)20-13(2)17(23)21-8-10-22(11-9-21)18(24)15-6-4-5-7-15/h13,15,20H,4-11H2,1-3H3/t13-/m0/s1. The molecule has 28 heavy (non-hydrogen) atoms. The first-order chi connectivity index (χ1) is 13.2. The summed E-state index contributed by atoms with van der Waals surface area (Å²) in [7, 11) is -3.91. The van der Waals surface area contributed by atoms with Gasteiger partial charge in [0.15, 0.2) is 5.76 Å². The van der Waals surface area contributed by atoms with E-state index in [-0.39, 0.29) is 34.1 Å². The van der Waals surface area contributed by atoms with Gasteiger partial charge in [-0.2, -0.15) is 4.72 Å². The highest BCUT2D eigenvalue weighted by molar-refractivity contribution is 7.89. The number of amides is 2. The van der Waals surface area contributed by atoms with Gasteiger partial charge in [-0.25, -0.2) is 8.42 Å². The zero-order valence-corrected chi connectivity index (χ0v) is 17.4. The van der Waals surface area contributed by atoms with Crippen molar-refractivity contribution < 1.29 is 22.5 Å². The van der Waals surface area contributed by atoms with Crippen LogP contribution in [0.4, 0.5) is 0 Å². The van der Waals surface area contributed by atoms with Crippen LogP contribution in [0.25, 0.3) is 0 Å². The molecule has 0 bridgehead atoms. The second-order valence-electron chi connectivity index (χ2n) is 7.63. The third kappa shape index (κ3) is 4.22. The molecule has 1 aromatic rings. The number of aromatic nitrogens is 1. The minimum Gasteiger partial charge on any atom is -0.360 e. The van der Waals surface area contributed by atoms with E-state index >= 15 is 0 Å². The molecular formula is C18H28N4O5S. The Hall–Kier alpha value is -1.94. The molecule has 1 saturated carbocycles. The normalized spacial score (nSPS) is 19.8. The number of carbonyl (C=O) groups is 2. The first kappa shape index (κ1) is 20.8. The maximum Gasteiger partial charge on any atom is 0.246 e. The molecule has 9 nitrogen and oxygen atoms in total. The van der Waals surface area contributed by atoms with E-state index in [9.17, 15) is 18.0 Å². The maximum absolute atomic E-state index is 12.7. The van der Waals surface area contributed by atoms with E-state index in [1.807, 2.05) is 4.90 Å². The van der Waals surface area contributed by atoms with Crippen LogP contribution in [-0.2, 0) is 19.6 Å². The van der Waals surface area contributed by atoms with Gasteiger partial charge in [0.1, 0.15) is 10.6 Å². The Balaban J connectivity index is 1.56. The lowest BCUT2D eigenvalue weighted by Crippen LogP contribution is -2.55. The van der Waals surface area contributed by atoms with Crippen LogP contribution in [0.3, 0.4) is 0 Å². The van der Waals surface area contributed by atoms with E-state index in [4.69, 9.17) is 4.52 Å². The van der Waals surface area contributed by atoms with Crippen molar-refractivity contribution in [1.82, 2.24) is 19.7 Å². The van der Waals surface area contributed by atoms with Gasteiger partial charge in [0.25, 0.3) is 0 Å². The number of carbonyl (C=O) groups excluding carboxylic acids is 2. The molecule has 1 N–H and O–H groups in total. The van der Waals surface area contributed by atoms with Crippen molar-refractivity contribution in [2.24, 2.45) is 5.92 Å². The second-order valence-corrected chi connectivity index (χ2v) is 9.28. The predicted molar refractivity (Wildman–Crippen MR) is 101 cm³/mol. The number of sulfonamides is 1. The second kappa shape index (κ2) is 8.20. The molecule has 0 aromatic carbocycles. The first-order valence-electron chi connectivity index (χ1n) is 9.73. The van der Waals surface area contributed by atoms with Gasteiger partial charge in [-0.1, -0.05) is 18.0 Å². The van der Waals surface area contributed by atoms with Gasteiger partial charge < -0.3 is 14.3 Å². The minimum absolute atomic E-state index is 0.0286. The van der Waals surface area contributed by atoms with Crippen LogP contribution in [0.2, 0.25) is 0 Å². The Morgan fingerprint density at radius 3 is 2.21 bits per heavy atom. The molecule has 2 fully saturated rings. The van der Waals surface area contributed by atoms with Gasteiger partial charge in [-0.05, 0) is 33.6 Å². The number of nitrogens with one attached hydrogen (secondary N) is 1. The molecule has 2 aliphatic rings. The van der Waals surface area contributed by atoms with Crippen LogP contribution in [0, 0.1) is 19.8 Å². The molecule has 2 amide bonds. The Labute approximate surface area is 165 Å². The Morgan fingerprint density at radius 2 is 1.68 bits per heavy atom. The van der Waals surface area contributed by atoms with E-state index < -0.39 is 16.1 Å². The summed E-state index contributed by atoms with van der Waals surface area (Å²) in [6.45, 7) is 6.38. The SMILES string of the molecule is Cc1noc(C)c1S(=O)(=O)N[C@@H](C)C(=O)N1CCN(C(=O)C2CCCC2)CC1. The number of hydrogen-bond donors (Lipinski definition) is 1. The highest BCUT2D eigenvalue weighted by Gasteiger charge is 2.33. The molecule has 2 heterocycles. The number of rotatable bonds is 5. The Bertz CT molecular complexity index is 817. The molecule has 0 radical (unpaired) electrons. The van der Waals surface area contributed by atoms with Gasteiger partial charge in [-0.15, -0.1) is 0 Å². The van der Waals surface area contributed by atoms with Gasteiger partial charge >= 0.3 is 0 Å². The summed E-state index contributed by atoms with van der Waals surface area (Å²) in [5, 5.41) is 3.65. The molecule has 3 rings (SSSR count). The topological polar surface area (TPSA) is 113 Å². The van der Waals surface area contributed by atoms with E-state index in [0.29, 0.717) is 26.2 Å². The average molecular weight is 413 g/mol. The smallest absolute Gasteiger partial charge is 0.246 e. The van der Waals surface area contributed by atoms with E-state index in [1.54, 1.807) is 4.90 Å². The molecule has 1 saturated heterocycles. The summed E-state index contributed by atoms with van der Waals surface area (Å²) in [5.74, 6) is 0.201. The number of aryl methyl sites for hydroxylation is 2. The highest BCUT2D eigenvalue weighted by Crippen LogP contribution is 2.27. The quantitative estimate of drug-likeness (QED) is 0.766. The summed E-state index contributed by atoms with van der Waals surface area (Å²) in [4.78, 5) is 28.6. The third-order valence-electron chi connectivity index (χ3n) is 5.55. The lowest BCUT2D eigenvalue weighted by Gasteiger charge is -2.37. The summed E-state index contributed by atoms with van der Waals surface area (Å²) in [6, 6.07) is -0.921. The molecule has 10 heteroatoms. The third-order valence-corrected chi connectivity index (χ3v) is 7.33. The van der Waals surface area contributed by atoms with Crippen LogP contribution in [0.15, 0.2) is 9.42 Å². The van der Waals surface area contributed by atoms with Crippen molar-refractivity contribution in [2.45, 2.75) is 57.4 Å².